The van der Waals surface area contributed by atoms with Crippen LogP contribution in [0.2, 0.25) is 0 Å². The van der Waals surface area contributed by atoms with E-state index in [0.717, 1.165) is 26.2 Å². The molecule has 1 heterocycles. The Morgan fingerprint density at radius 2 is 2.00 bits per heavy atom. The lowest BCUT2D eigenvalue weighted by Crippen LogP contribution is -2.45. The van der Waals surface area contributed by atoms with Crippen LogP contribution in [0.5, 0.6) is 0 Å². The van der Waals surface area contributed by atoms with E-state index in [-0.39, 0.29) is 12.7 Å². The smallest absolute Gasteiger partial charge is 0.0912 e. The Hall–Kier alpha value is -0.930. The van der Waals surface area contributed by atoms with Crippen LogP contribution in [0.15, 0.2) is 24.3 Å². The average Bonchev–Trinajstić information content (AvgIpc) is 2.38. The van der Waals surface area contributed by atoms with Crippen molar-refractivity contribution in [1.29, 1.82) is 0 Å². The number of benzene rings is 1. The number of piperazine rings is 1. The number of nitrogens with one attached hydrogen (secondary N) is 1. The van der Waals surface area contributed by atoms with Gasteiger partial charge in [0.25, 0.3) is 0 Å². The van der Waals surface area contributed by atoms with Crippen LogP contribution in [0.25, 0.3) is 0 Å². The number of halogens is 1. The Kier molecular flexibility index (Phi) is 4.51. The largest absolute Gasteiger partial charge is 0.314 e. The monoisotopic (exact) mass is 236 g/mol. The Labute approximate surface area is 103 Å². The molecule has 1 saturated heterocycles. The van der Waals surface area contributed by atoms with Crippen molar-refractivity contribution in [1.82, 2.24) is 10.2 Å². The quantitative estimate of drug-likeness (QED) is 0.863. The lowest BCUT2D eigenvalue weighted by atomic mass is 9.97. The maximum absolute atomic E-state index is 12.8. The first-order valence-corrected chi connectivity index (χ1v) is 6.39. The average molecular weight is 236 g/mol. The zero-order chi connectivity index (χ0) is 12.1. The molecule has 1 N–H and O–H groups in total. The molecule has 0 aliphatic carbocycles. The van der Waals surface area contributed by atoms with Crippen LogP contribution >= 0.6 is 0 Å². The van der Waals surface area contributed by atoms with Gasteiger partial charge in [0.15, 0.2) is 0 Å². The summed E-state index contributed by atoms with van der Waals surface area (Å²) in [6.45, 7) is 5.91. The highest BCUT2D eigenvalue weighted by atomic mass is 19.1. The van der Waals surface area contributed by atoms with Gasteiger partial charge >= 0.3 is 0 Å². The van der Waals surface area contributed by atoms with Crippen LogP contribution in [0, 0.1) is 6.92 Å². The molecule has 0 radical (unpaired) electrons. The molecule has 1 fully saturated rings. The molecular weight excluding hydrogens is 215 g/mol. The van der Waals surface area contributed by atoms with Crippen molar-refractivity contribution >= 4 is 0 Å². The molecule has 2 rings (SSSR count). The molecule has 1 aromatic carbocycles. The first-order chi connectivity index (χ1) is 8.33. The van der Waals surface area contributed by atoms with E-state index >= 15 is 0 Å². The van der Waals surface area contributed by atoms with Gasteiger partial charge < -0.3 is 5.32 Å². The van der Waals surface area contributed by atoms with E-state index in [0.29, 0.717) is 6.42 Å². The van der Waals surface area contributed by atoms with Gasteiger partial charge in [0.05, 0.1) is 6.67 Å². The molecule has 0 unspecified atom stereocenters. The summed E-state index contributed by atoms with van der Waals surface area (Å²) in [6, 6.07) is 8.59. The van der Waals surface area contributed by atoms with E-state index < -0.39 is 0 Å². The van der Waals surface area contributed by atoms with Gasteiger partial charge in [0.1, 0.15) is 0 Å². The Bertz CT molecular complexity index is 348. The van der Waals surface area contributed by atoms with Gasteiger partial charge in [0.2, 0.25) is 0 Å². The first kappa shape index (κ1) is 12.5. The molecule has 1 aliphatic rings. The second-order valence-corrected chi connectivity index (χ2v) is 4.64. The van der Waals surface area contributed by atoms with Gasteiger partial charge in [-0.3, -0.25) is 9.29 Å². The SMILES string of the molecule is Cc1ccccc1[C@@H](CCF)N1CCNCC1. The minimum atomic E-state index is -0.247. The Balaban J connectivity index is 2.18. The normalized spacial score (nSPS) is 19.2. The summed E-state index contributed by atoms with van der Waals surface area (Å²) in [7, 11) is 0. The summed E-state index contributed by atoms with van der Waals surface area (Å²) in [5.41, 5.74) is 2.55. The van der Waals surface area contributed by atoms with Gasteiger partial charge in [-0.05, 0) is 24.5 Å². The maximum Gasteiger partial charge on any atom is 0.0912 e. The lowest BCUT2D eigenvalue weighted by Gasteiger charge is -2.35. The van der Waals surface area contributed by atoms with Crippen molar-refractivity contribution in [2.45, 2.75) is 19.4 Å². The van der Waals surface area contributed by atoms with E-state index in [1.54, 1.807) is 0 Å². The third-order valence-electron chi connectivity index (χ3n) is 3.52. The molecule has 94 valence electrons. The van der Waals surface area contributed by atoms with Gasteiger partial charge in [-0.1, -0.05) is 24.3 Å². The molecule has 2 nitrogen and oxygen atoms in total. The summed E-state index contributed by atoms with van der Waals surface area (Å²) in [5.74, 6) is 0. The maximum atomic E-state index is 12.8. The van der Waals surface area contributed by atoms with Crippen LogP contribution in [-0.4, -0.2) is 37.8 Å². The van der Waals surface area contributed by atoms with E-state index in [9.17, 15) is 4.39 Å². The topological polar surface area (TPSA) is 15.3 Å². The molecule has 3 heteroatoms. The van der Waals surface area contributed by atoms with Crippen LogP contribution in [0.1, 0.15) is 23.6 Å². The zero-order valence-corrected chi connectivity index (χ0v) is 10.5. The van der Waals surface area contributed by atoms with Crippen LogP contribution in [0.4, 0.5) is 4.39 Å². The molecule has 0 amide bonds. The fourth-order valence-corrected chi connectivity index (χ4v) is 2.59. The van der Waals surface area contributed by atoms with Crippen molar-refractivity contribution in [2.75, 3.05) is 32.9 Å². The second kappa shape index (κ2) is 6.12. The molecule has 1 aliphatic heterocycles. The molecule has 17 heavy (non-hydrogen) atoms. The highest BCUT2D eigenvalue weighted by molar-refractivity contribution is 5.29. The van der Waals surface area contributed by atoms with Gasteiger partial charge in [0, 0.05) is 32.2 Å². The van der Waals surface area contributed by atoms with E-state index in [1.165, 1.54) is 11.1 Å². The Morgan fingerprint density at radius 3 is 2.65 bits per heavy atom. The summed E-state index contributed by atoms with van der Waals surface area (Å²) in [4.78, 5) is 2.40. The minimum Gasteiger partial charge on any atom is -0.314 e. The Morgan fingerprint density at radius 1 is 1.29 bits per heavy atom. The van der Waals surface area contributed by atoms with Crippen LogP contribution in [-0.2, 0) is 0 Å². The predicted molar refractivity (Wildman–Crippen MR) is 69.0 cm³/mol. The van der Waals surface area contributed by atoms with Crippen molar-refractivity contribution in [3.63, 3.8) is 0 Å². The van der Waals surface area contributed by atoms with Crippen LogP contribution < -0.4 is 5.32 Å². The van der Waals surface area contributed by atoms with Crippen molar-refractivity contribution in [3.8, 4) is 0 Å². The number of nitrogens with zero attached hydrogens (tertiary/aromatic N) is 1. The van der Waals surface area contributed by atoms with E-state index in [1.807, 2.05) is 6.07 Å². The molecule has 1 aromatic rings. The third kappa shape index (κ3) is 3.05. The zero-order valence-electron chi connectivity index (χ0n) is 10.5. The van der Waals surface area contributed by atoms with E-state index in [2.05, 4.69) is 35.3 Å². The highest BCUT2D eigenvalue weighted by Crippen LogP contribution is 2.27. The number of rotatable bonds is 4. The number of hydrogen-bond donors (Lipinski definition) is 1. The molecule has 1 atom stereocenters. The van der Waals surface area contributed by atoms with Gasteiger partial charge in [-0.2, -0.15) is 0 Å². The summed E-state index contributed by atoms with van der Waals surface area (Å²) < 4.78 is 12.8. The van der Waals surface area contributed by atoms with Gasteiger partial charge in [-0.15, -0.1) is 0 Å². The molecule has 0 spiro atoms. The molecule has 0 bridgehead atoms. The van der Waals surface area contributed by atoms with Crippen molar-refractivity contribution in [2.24, 2.45) is 0 Å². The number of aryl methyl sites for hydroxylation is 1. The molecule has 0 aromatic heterocycles. The lowest BCUT2D eigenvalue weighted by molar-refractivity contribution is 0.157. The summed E-state index contributed by atoms with van der Waals surface area (Å²) >= 11 is 0. The second-order valence-electron chi connectivity index (χ2n) is 4.64. The molecule has 0 saturated carbocycles. The van der Waals surface area contributed by atoms with Gasteiger partial charge in [-0.25, -0.2) is 0 Å². The molecular formula is C14H21FN2. The summed E-state index contributed by atoms with van der Waals surface area (Å²) in [6.07, 6.45) is 0.602. The number of alkyl halides is 1. The predicted octanol–water partition coefficient (Wildman–Crippen LogP) is 2.30. The third-order valence-corrected chi connectivity index (χ3v) is 3.52. The number of hydrogen-bond acceptors (Lipinski definition) is 2. The summed E-state index contributed by atoms with van der Waals surface area (Å²) in [5, 5.41) is 3.34. The van der Waals surface area contributed by atoms with E-state index in [4.69, 9.17) is 0 Å². The standard InChI is InChI=1S/C14H21FN2/c1-12-4-2-3-5-13(12)14(6-7-15)17-10-8-16-9-11-17/h2-5,14,16H,6-11H2,1H3/t14-/m1/s1. The minimum absolute atomic E-state index is 0.239. The fraction of sp³-hybridized carbons (Fsp3) is 0.571. The highest BCUT2D eigenvalue weighted by Gasteiger charge is 2.22. The first-order valence-electron chi connectivity index (χ1n) is 6.39. The fourth-order valence-electron chi connectivity index (χ4n) is 2.59. The van der Waals surface area contributed by atoms with Crippen molar-refractivity contribution in [3.05, 3.63) is 35.4 Å². The van der Waals surface area contributed by atoms with Crippen LogP contribution in [0.3, 0.4) is 0 Å². The van der Waals surface area contributed by atoms with Crippen molar-refractivity contribution < 1.29 is 4.39 Å².